The highest BCUT2D eigenvalue weighted by Crippen LogP contribution is 2.29. The van der Waals surface area contributed by atoms with Crippen LogP contribution in [0.15, 0.2) is 28.8 Å². The van der Waals surface area contributed by atoms with Gasteiger partial charge in [-0.3, -0.25) is 4.79 Å². The van der Waals surface area contributed by atoms with E-state index in [0.29, 0.717) is 23.8 Å². The lowest BCUT2D eigenvalue weighted by Gasteiger charge is -2.33. The number of hydrogen-bond acceptors (Lipinski definition) is 4. The average Bonchev–Trinajstić information content (AvgIpc) is 3.13. The molecule has 0 saturated carbocycles. The molecule has 1 aliphatic rings. The van der Waals surface area contributed by atoms with Gasteiger partial charge in [-0.05, 0) is 37.8 Å². The second-order valence-corrected chi connectivity index (χ2v) is 6.60. The van der Waals surface area contributed by atoms with Crippen LogP contribution in [0.3, 0.4) is 0 Å². The maximum atomic E-state index is 13.4. The van der Waals surface area contributed by atoms with Crippen molar-refractivity contribution in [1.29, 1.82) is 0 Å². The monoisotopic (exact) mass is 345 g/mol. The summed E-state index contributed by atoms with van der Waals surface area (Å²) < 4.78 is 18.8. The highest BCUT2D eigenvalue weighted by molar-refractivity contribution is 5.78. The van der Waals surface area contributed by atoms with Crippen LogP contribution in [-0.2, 0) is 4.79 Å². The van der Waals surface area contributed by atoms with Gasteiger partial charge < -0.3 is 9.42 Å². The number of halogens is 1. The fraction of sp³-hybridized carbons (Fsp3) is 0.526. The Morgan fingerprint density at radius 3 is 2.92 bits per heavy atom. The summed E-state index contributed by atoms with van der Waals surface area (Å²) in [7, 11) is 0. The number of carbonyl (C=O) groups excluding carboxylic acids is 1. The summed E-state index contributed by atoms with van der Waals surface area (Å²) in [5, 5.41) is 3.98. The fourth-order valence-corrected chi connectivity index (χ4v) is 3.42. The minimum absolute atomic E-state index is 0.0434. The Hall–Kier alpha value is -2.24. The first kappa shape index (κ1) is 17.6. The summed E-state index contributed by atoms with van der Waals surface area (Å²) in [6.45, 7) is 5.50. The van der Waals surface area contributed by atoms with Gasteiger partial charge in [-0.25, -0.2) is 4.39 Å². The van der Waals surface area contributed by atoms with E-state index in [1.54, 1.807) is 12.1 Å². The molecule has 3 rings (SSSR count). The van der Waals surface area contributed by atoms with Crippen LogP contribution in [-0.4, -0.2) is 34.0 Å². The van der Waals surface area contributed by atoms with Crippen molar-refractivity contribution in [2.75, 3.05) is 13.1 Å². The Morgan fingerprint density at radius 1 is 1.40 bits per heavy atom. The summed E-state index contributed by atoms with van der Waals surface area (Å²) in [5.74, 6) is 0.938. The number of nitrogens with zero attached hydrogens (tertiary/aromatic N) is 3. The SMILES string of the molecule is CCC(CC)C(=O)N1CCC[C@@H](c2nc(-c3cccc(F)c3)no2)C1. The first-order chi connectivity index (χ1) is 12.1. The van der Waals surface area contributed by atoms with Gasteiger partial charge in [0.25, 0.3) is 0 Å². The van der Waals surface area contributed by atoms with Gasteiger partial charge in [-0.1, -0.05) is 31.1 Å². The quantitative estimate of drug-likeness (QED) is 0.821. The largest absolute Gasteiger partial charge is 0.342 e. The van der Waals surface area contributed by atoms with Crippen LogP contribution in [0.5, 0.6) is 0 Å². The molecule has 0 spiro atoms. The molecule has 1 amide bonds. The smallest absolute Gasteiger partial charge is 0.231 e. The number of piperidine rings is 1. The van der Waals surface area contributed by atoms with Crippen LogP contribution in [0.25, 0.3) is 11.4 Å². The number of likely N-dealkylation sites (tertiary alicyclic amines) is 1. The van der Waals surface area contributed by atoms with E-state index in [1.165, 1.54) is 12.1 Å². The van der Waals surface area contributed by atoms with Crippen molar-refractivity contribution in [2.24, 2.45) is 5.92 Å². The summed E-state index contributed by atoms with van der Waals surface area (Å²) in [6, 6.07) is 6.14. The molecule has 0 aliphatic carbocycles. The molecule has 134 valence electrons. The van der Waals surface area contributed by atoms with E-state index in [9.17, 15) is 9.18 Å². The van der Waals surface area contributed by atoms with Gasteiger partial charge in [0, 0.05) is 24.6 Å². The molecule has 1 aromatic carbocycles. The summed E-state index contributed by atoms with van der Waals surface area (Å²) in [5.41, 5.74) is 0.593. The second kappa shape index (κ2) is 7.76. The van der Waals surface area contributed by atoms with Crippen molar-refractivity contribution >= 4 is 5.91 Å². The van der Waals surface area contributed by atoms with Gasteiger partial charge in [-0.15, -0.1) is 0 Å². The van der Waals surface area contributed by atoms with Gasteiger partial charge in [-0.2, -0.15) is 4.98 Å². The number of carbonyl (C=O) groups is 1. The zero-order chi connectivity index (χ0) is 17.8. The maximum absolute atomic E-state index is 13.4. The Morgan fingerprint density at radius 2 is 2.20 bits per heavy atom. The molecule has 0 unspecified atom stereocenters. The zero-order valence-corrected chi connectivity index (χ0v) is 14.7. The lowest BCUT2D eigenvalue weighted by Crippen LogP contribution is -2.42. The van der Waals surface area contributed by atoms with Crippen molar-refractivity contribution in [3.63, 3.8) is 0 Å². The van der Waals surface area contributed by atoms with Gasteiger partial charge in [0.1, 0.15) is 5.82 Å². The van der Waals surface area contributed by atoms with Crippen LogP contribution in [0.2, 0.25) is 0 Å². The zero-order valence-electron chi connectivity index (χ0n) is 14.7. The van der Waals surface area contributed by atoms with E-state index >= 15 is 0 Å². The Kier molecular flexibility index (Phi) is 5.46. The number of amides is 1. The van der Waals surface area contributed by atoms with Gasteiger partial charge in [0.05, 0.1) is 5.92 Å². The Bertz CT molecular complexity index is 727. The summed E-state index contributed by atoms with van der Waals surface area (Å²) in [6.07, 6.45) is 3.56. The number of rotatable bonds is 5. The summed E-state index contributed by atoms with van der Waals surface area (Å²) in [4.78, 5) is 19.0. The average molecular weight is 345 g/mol. The van der Waals surface area contributed by atoms with E-state index in [4.69, 9.17) is 4.52 Å². The molecule has 2 aromatic rings. The first-order valence-corrected chi connectivity index (χ1v) is 9.00. The molecule has 25 heavy (non-hydrogen) atoms. The van der Waals surface area contributed by atoms with E-state index in [-0.39, 0.29) is 23.6 Å². The van der Waals surface area contributed by atoms with Crippen molar-refractivity contribution in [3.05, 3.63) is 36.0 Å². The minimum atomic E-state index is -0.330. The molecule has 6 heteroatoms. The third kappa shape index (κ3) is 3.89. The normalized spacial score (nSPS) is 17.9. The van der Waals surface area contributed by atoms with Gasteiger partial charge in [0.15, 0.2) is 0 Å². The molecule has 1 aromatic heterocycles. The van der Waals surface area contributed by atoms with Crippen LogP contribution in [0.1, 0.15) is 51.3 Å². The van der Waals surface area contributed by atoms with Crippen molar-refractivity contribution in [3.8, 4) is 11.4 Å². The molecule has 1 fully saturated rings. The molecule has 0 N–H and O–H groups in total. The lowest BCUT2D eigenvalue weighted by atomic mass is 9.95. The fourth-order valence-electron chi connectivity index (χ4n) is 3.42. The van der Waals surface area contributed by atoms with Gasteiger partial charge >= 0.3 is 0 Å². The molecular formula is C19H24FN3O2. The number of hydrogen-bond donors (Lipinski definition) is 0. The van der Waals surface area contributed by atoms with E-state index in [2.05, 4.69) is 24.0 Å². The predicted octanol–water partition coefficient (Wildman–Crippen LogP) is 4.02. The highest BCUT2D eigenvalue weighted by atomic mass is 19.1. The van der Waals surface area contributed by atoms with Crippen LogP contribution >= 0.6 is 0 Å². The standard InChI is InChI=1S/C19H24FN3O2/c1-3-13(4-2)19(24)23-10-6-8-15(12-23)18-21-17(22-25-18)14-7-5-9-16(20)11-14/h5,7,9,11,13,15H,3-4,6,8,10,12H2,1-2H3/t15-/m1/s1. The first-order valence-electron chi connectivity index (χ1n) is 9.00. The van der Waals surface area contributed by atoms with E-state index in [1.807, 2.05) is 4.90 Å². The number of benzene rings is 1. The van der Waals surface area contributed by atoms with Crippen LogP contribution < -0.4 is 0 Å². The summed E-state index contributed by atoms with van der Waals surface area (Å²) >= 11 is 0. The predicted molar refractivity (Wildman–Crippen MR) is 92.3 cm³/mol. The molecule has 2 heterocycles. The van der Waals surface area contributed by atoms with Crippen molar-refractivity contribution < 1.29 is 13.7 Å². The third-order valence-electron chi connectivity index (χ3n) is 4.94. The van der Waals surface area contributed by atoms with Crippen LogP contribution in [0, 0.1) is 11.7 Å². The molecule has 1 saturated heterocycles. The highest BCUT2D eigenvalue weighted by Gasteiger charge is 2.30. The molecular weight excluding hydrogens is 321 g/mol. The molecule has 5 nitrogen and oxygen atoms in total. The van der Waals surface area contributed by atoms with Crippen molar-refractivity contribution in [1.82, 2.24) is 15.0 Å². The molecule has 0 bridgehead atoms. The van der Waals surface area contributed by atoms with E-state index in [0.717, 1.165) is 32.2 Å². The van der Waals surface area contributed by atoms with Crippen molar-refractivity contribution in [2.45, 2.75) is 45.4 Å². The topological polar surface area (TPSA) is 59.2 Å². The van der Waals surface area contributed by atoms with E-state index < -0.39 is 0 Å². The Balaban J connectivity index is 1.73. The third-order valence-corrected chi connectivity index (χ3v) is 4.94. The molecule has 1 atom stereocenters. The lowest BCUT2D eigenvalue weighted by molar-refractivity contribution is -0.137. The molecule has 1 aliphatic heterocycles. The second-order valence-electron chi connectivity index (χ2n) is 6.60. The minimum Gasteiger partial charge on any atom is -0.342 e. The van der Waals surface area contributed by atoms with Crippen LogP contribution in [0.4, 0.5) is 4.39 Å². The Labute approximate surface area is 147 Å². The molecule has 0 radical (unpaired) electrons. The van der Waals surface area contributed by atoms with Gasteiger partial charge in [0.2, 0.25) is 17.6 Å². The maximum Gasteiger partial charge on any atom is 0.231 e. The number of aromatic nitrogens is 2.